The fourth-order valence-corrected chi connectivity index (χ4v) is 3.03. The number of hydrogen-bond acceptors (Lipinski definition) is 3. The lowest BCUT2D eigenvalue weighted by molar-refractivity contribution is 0.102. The number of hydrogen-bond donors (Lipinski definition) is 2. The molecule has 29 heavy (non-hydrogen) atoms. The number of nitrogens with one attached hydrogen (secondary N) is 2. The largest absolute Gasteiger partial charge is 0.369 e. The topological polar surface area (TPSA) is 53.5 Å². The minimum Gasteiger partial charge on any atom is -0.369 e. The van der Waals surface area contributed by atoms with Crippen molar-refractivity contribution in [1.29, 1.82) is 0 Å². The summed E-state index contributed by atoms with van der Waals surface area (Å²) < 4.78 is 0. The highest BCUT2D eigenvalue weighted by Crippen LogP contribution is 2.20. The first kappa shape index (κ1) is 20.4. The lowest BCUT2D eigenvalue weighted by Crippen LogP contribution is -2.15. The Morgan fingerprint density at radius 3 is 2.21 bits per heavy atom. The van der Waals surface area contributed by atoms with Crippen LogP contribution in [-0.2, 0) is 0 Å². The zero-order valence-corrected chi connectivity index (χ0v) is 16.7. The second-order valence-electron chi connectivity index (χ2n) is 6.55. The lowest BCUT2D eigenvalue weighted by atomic mass is 10.0. The maximum absolute atomic E-state index is 12.5. The number of anilines is 1. The fourth-order valence-electron chi connectivity index (χ4n) is 3.03. The van der Waals surface area contributed by atoms with Crippen molar-refractivity contribution in [3.63, 3.8) is 0 Å². The van der Waals surface area contributed by atoms with Crippen molar-refractivity contribution in [2.45, 2.75) is 0 Å². The smallest absolute Gasteiger partial charge is 0.255 e. The predicted octanol–water partition coefficient (Wildman–Crippen LogP) is 5.04. The molecule has 1 heterocycles. The molecule has 0 radical (unpaired) electrons. The molecular weight excluding hydrogens is 382 g/mol. The van der Waals surface area contributed by atoms with Gasteiger partial charge in [-0.15, -0.1) is 12.4 Å². The van der Waals surface area contributed by atoms with E-state index in [-0.39, 0.29) is 18.3 Å². The van der Waals surface area contributed by atoms with E-state index in [1.165, 1.54) is 0 Å². The van der Waals surface area contributed by atoms with Gasteiger partial charge in [0.15, 0.2) is 0 Å². The average molecular weight is 404 g/mol. The Labute approximate surface area is 176 Å². The van der Waals surface area contributed by atoms with Crippen LogP contribution in [0.3, 0.4) is 0 Å². The summed E-state index contributed by atoms with van der Waals surface area (Å²) >= 11 is 0. The van der Waals surface area contributed by atoms with E-state index in [9.17, 15) is 4.79 Å². The van der Waals surface area contributed by atoms with E-state index in [2.05, 4.69) is 27.8 Å². The van der Waals surface area contributed by atoms with Crippen LogP contribution >= 0.6 is 12.4 Å². The van der Waals surface area contributed by atoms with Gasteiger partial charge in [0.05, 0.1) is 6.54 Å². The van der Waals surface area contributed by atoms with Crippen LogP contribution in [-0.4, -0.2) is 24.8 Å². The number of benzene rings is 3. The summed E-state index contributed by atoms with van der Waals surface area (Å²) in [6, 6.07) is 25.5. The first-order valence-electron chi connectivity index (χ1n) is 9.31. The van der Waals surface area contributed by atoms with Crippen LogP contribution in [0.1, 0.15) is 15.9 Å². The standard InChI is InChI=1S/C24H21N3O.ClH/c28-24(21-11-9-20(10-12-21)19-4-2-1-3-5-19)27-22-13-6-18(7-14-22)8-15-23-25-16-17-26-23;/h1-15H,16-17H2,(H,25,26)(H,27,28);1H. The number of nitrogens with zero attached hydrogens (tertiary/aromatic N) is 1. The van der Waals surface area contributed by atoms with Crippen molar-refractivity contribution in [2.75, 3.05) is 18.4 Å². The summed E-state index contributed by atoms with van der Waals surface area (Å²) in [5, 5.41) is 6.15. The van der Waals surface area contributed by atoms with Crippen LogP contribution in [0.25, 0.3) is 17.2 Å². The van der Waals surface area contributed by atoms with Crippen LogP contribution < -0.4 is 10.6 Å². The molecule has 1 amide bonds. The lowest BCUT2D eigenvalue weighted by Gasteiger charge is -2.07. The van der Waals surface area contributed by atoms with Crippen molar-refractivity contribution in [2.24, 2.45) is 4.99 Å². The van der Waals surface area contributed by atoms with E-state index >= 15 is 0 Å². The van der Waals surface area contributed by atoms with Crippen molar-refractivity contribution >= 4 is 35.9 Å². The Kier molecular flexibility index (Phi) is 6.82. The molecule has 0 saturated carbocycles. The Morgan fingerprint density at radius 2 is 1.55 bits per heavy atom. The molecule has 0 spiro atoms. The summed E-state index contributed by atoms with van der Waals surface area (Å²) in [6.45, 7) is 1.73. The van der Waals surface area contributed by atoms with E-state index in [0.29, 0.717) is 5.56 Å². The number of amidine groups is 1. The van der Waals surface area contributed by atoms with E-state index in [0.717, 1.165) is 41.3 Å². The number of aliphatic imine (C=N–C) groups is 1. The Bertz CT molecular complexity index is 1010. The SMILES string of the molecule is Cl.O=C(Nc1ccc(C=CC2=NCCN2)cc1)c1ccc(-c2ccccc2)cc1. The molecule has 0 saturated heterocycles. The third kappa shape index (κ3) is 5.33. The number of rotatable bonds is 5. The molecule has 0 atom stereocenters. The van der Waals surface area contributed by atoms with Gasteiger partial charge in [0.1, 0.15) is 5.84 Å². The van der Waals surface area contributed by atoms with Crippen molar-refractivity contribution < 1.29 is 4.79 Å². The van der Waals surface area contributed by atoms with Crippen LogP contribution in [0.2, 0.25) is 0 Å². The second-order valence-corrected chi connectivity index (χ2v) is 6.55. The monoisotopic (exact) mass is 403 g/mol. The number of amides is 1. The van der Waals surface area contributed by atoms with Gasteiger partial charge in [-0.05, 0) is 47.0 Å². The fraction of sp³-hybridized carbons (Fsp3) is 0.0833. The molecule has 0 aromatic heterocycles. The maximum Gasteiger partial charge on any atom is 0.255 e. The highest BCUT2D eigenvalue weighted by molar-refractivity contribution is 6.04. The highest BCUT2D eigenvalue weighted by Gasteiger charge is 2.07. The predicted molar refractivity (Wildman–Crippen MR) is 123 cm³/mol. The van der Waals surface area contributed by atoms with Gasteiger partial charge >= 0.3 is 0 Å². The normalized spacial score (nSPS) is 12.8. The molecule has 3 aromatic carbocycles. The van der Waals surface area contributed by atoms with Gasteiger partial charge in [-0.25, -0.2) is 0 Å². The van der Waals surface area contributed by atoms with Crippen LogP contribution in [0.4, 0.5) is 5.69 Å². The molecule has 0 aliphatic carbocycles. The highest BCUT2D eigenvalue weighted by atomic mass is 35.5. The van der Waals surface area contributed by atoms with E-state index < -0.39 is 0 Å². The summed E-state index contributed by atoms with van der Waals surface area (Å²) in [4.78, 5) is 16.8. The molecule has 3 aromatic rings. The number of carbonyl (C=O) groups excluding carboxylic acids is 1. The zero-order chi connectivity index (χ0) is 19.2. The van der Waals surface area contributed by atoms with Gasteiger partial charge in [-0.3, -0.25) is 9.79 Å². The minimum absolute atomic E-state index is 0. The quantitative estimate of drug-likeness (QED) is 0.626. The third-order valence-electron chi connectivity index (χ3n) is 4.56. The molecule has 146 valence electrons. The number of halogens is 1. The summed E-state index contributed by atoms with van der Waals surface area (Å²) in [6.07, 6.45) is 3.97. The molecule has 4 nitrogen and oxygen atoms in total. The van der Waals surface area contributed by atoms with Gasteiger partial charge < -0.3 is 10.6 Å². The molecule has 4 rings (SSSR count). The Morgan fingerprint density at radius 1 is 0.862 bits per heavy atom. The zero-order valence-electron chi connectivity index (χ0n) is 15.8. The number of carbonyl (C=O) groups is 1. The van der Waals surface area contributed by atoms with Crippen LogP contribution in [0.5, 0.6) is 0 Å². The molecular formula is C24H22ClN3O. The van der Waals surface area contributed by atoms with Crippen molar-refractivity contribution in [3.05, 3.63) is 96.1 Å². The third-order valence-corrected chi connectivity index (χ3v) is 4.56. The first-order chi connectivity index (χ1) is 13.8. The Balaban J connectivity index is 0.00000240. The minimum atomic E-state index is -0.118. The maximum atomic E-state index is 12.5. The summed E-state index contributed by atoms with van der Waals surface area (Å²) in [5.74, 6) is 0.795. The first-order valence-corrected chi connectivity index (χ1v) is 9.31. The summed E-state index contributed by atoms with van der Waals surface area (Å²) in [5.41, 5.74) is 4.69. The molecule has 0 unspecified atom stereocenters. The van der Waals surface area contributed by atoms with Gasteiger partial charge in [0, 0.05) is 17.8 Å². The second kappa shape index (κ2) is 9.71. The van der Waals surface area contributed by atoms with E-state index in [1.54, 1.807) is 0 Å². The van der Waals surface area contributed by atoms with E-state index in [1.807, 2.05) is 78.9 Å². The molecule has 0 bridgehead atoms. The molecule has 1 aliphatic heterocycles. The van der Waals surface area contributed by atoms with E-state index in [4.69, 9.17) is 0 Å². The van der Waals surface area contributed by atoms with Crippen LogP contribution in [0.15, 0.2) is 89.9 Å². The Hall–Kier alpha value is -3.37. The van der Waals surface area contributed by atoms with Gasteiger partial charge in [-0.2, -0.15) is 0 Å². The summed E-state index contributed by atoms with van der Waals surface area (Å²) in [7, 11) is 0. The van der Waals surface area contributed by atoms with Crippen molar-refractivity contribution in [3.8, 4) is 11.1 Å². The van der Waals surface area contributed by atoms with Crippen molar-refractivity contribution in [1.82, 2.24) is 5.32 Å². The van der Waals surface area contributed by atoms with Crippen LogP contribution in [0, 0.1) is 0 Å². The van der Waals surface area contributed by atoms with Gasteiger partial charge in [0.25, 0.3) is 5.91 Å². The molecule has 5 heteroatoms. The molecule has 2 N–H and O–H groups in total. The van der Waals surface area contributed by atoms with Gasteiger partial charge in [-0.1, -0.05) is 60.7 Å². The van der Waals surface area contributed by atoms with Gasteiger partial charge in [0.2, 0.25) is 0 Å². The molecule has 1 aliphatic rings. The average Bonchev–Trinajstić information content (AvgIpc) is 3.28. The molecule has 0 fully saturated rings.